The smallest absolute Gasteiger partial charge is 0.255 e. The monoisotopic (exact) mass is 252 g/mol. The van der Waals surface area contributed by atoms with Crippen molar-refractivity contribution in [2.24, 2.45) is 0 Å². The molecule has 0 bridgehead atoms. The summed E-state index contributed by atoms with van der Waals surface area (Å²) in [6, 6.07) is 6.88. The van der Waals surface area contributed by atoms with E-state index in [4.69, 9.17) is 11.6 Å². The van der Waals surface area contributed by atoms with Gasteiger partial charge < -0.3 is 9.80 Å². The zero-order valence-electron chi connectivity index (χ0n) is 9.52. The van der Waals surface area contributed by atoms with Gasteiger partial charge in [0.2, 0.25) is 5.91 Å². The van der Waals surface area contributed by atoms with Crippen LogP contribution in [-0.2, 0) is 4.79 Å². The van der Waals surface area contributed by atoms with Crippen LogP contribution in [0.5, 0.6) is 0 Å². The Labute approximate surface area is 105 Å². The SMILES string of the molecule is CN1CCN(C(=O)c2ccccc2Cl)CC1=O. The first-order valence-corrected chi connectivity index (χ1v) is 5.75. The van der Waals surface area contributed by atoms with E-state index in [1.165, 1.54) is 4.90 Å². The van der Waals surface area contributed by atoms with Gasteiger partial charge in [-0.2, -0.15) is 0 Å². The lowest BCUT2D eigenvalue weighted by atomic mass is 10.2. The molecular weight excluding hydrogens is 240 g/mol. The minimum atomic E-state index is -0.183. The fourth-order valence-corrected chi connectivity index (χ4v) is 1.95. The summed E-state index contributed by atoms with van der Waals surface area (Å²) in [6.45, 7) is 1.24. The Hall–Kier alpha value is -1.55. The van der Waals surface area contributed by atoms with Crippen molar-refractivity contribution < 1.29 is 9.59 Å². The Morgan fingerprint density at radius 2 is 2.00 bits per heavy atom. The number of rotatable bonds is 1. The van der Waals surface area contributed by atoms with Gasteiger partial charge in [0.05, 0.1) is 10.6 Å². The van der Waals surface area contributed by atoms with Crippen LogP contribution in [0.4, 0.5) is 0 Å². The molecule has 90 valence electrons. The van der Waals surface area contributed by atoms with Gasteiger partial charge in [-0.1, -0.05) is 23.7 Å². The first-order valence-electron chi connectivity index (χ1n) is 5.37. The molecule has 0 aromatic heterocycles. The number of nitrogens with zero attached hydrogens (tertiary/aromatic N) is 2. The van der Waals surface area contributed by atoms with Crippen LogP contribution in [0.25, 0.3) is 0 Å². The minimum Gasteiger partial charge on any atom is -0.342 e. The van der Waals surface area contributed by atoms with Crippen molar-refractivity contribution in [2.45, 2.75) is 0 Å². The summed E-state index contributed by atoms with van der Waals surface area (Å²) in [7, 11) is 1.74. The first-order chi connectivity index (χ1) is 8.09. The molecule has 0 radical (unpaired) electrons. The molecule has 0 unspecified atom stereocenters. The summed E-state index contributed by atoms with van der Waals surface area (Å²) in [5.41, 5.74) is 0.450. The Balaban J connectivity index is 2.16. The van der Waals surface area contributed by atoms with E-state index in [-0.39, 0.29) is 18.4 Å². The average Bonchev–Trinajstić information content (AvgIpc) is 2.32. The summed E-state index contributed by atoms with van der Waals surface area (Å²) >= 11 is 5.96. The minimum absolute atomic E-state index is 0.0448. The number of halogens is 1. The Morgan fingerprint density at radius 1 is 1.29 bits per heavy atom. The number of carbonyl (C=O) groups excluding carboxylic acids is 2. The van der Waals surface area contributed by atoms with Gasteiger partial charge in [0, 0.05) is 20.1 Å². The molecule has 17 heavy (non-hydrogen) atoms. The van der Waals surface area contributed by atoms with E-state index >= 15 is 0 Å². The number of likely N-dealkylation sites (N-methyl/N-ethyl adjacent to an activating group) is 1. The van der Waals surface area contributed by atoms with E-state index in [1.807, 2.05) is 0 Å². The van der Waals surface area contributed by atoms with Crippen LogP contribution in [0, 0.1) is 0 Å². The molecule has 0 N–H and O–H groups in total. The van der Waals surface area contributed by atoms with Crippen LogP contribution in [0.2, 0.25) is 5.02 Å². The van der Waals surface area contributed by atoms with E-state index in [0.29, 0.717) is 23.7 Å². The van der Waals surface area contributed by atoms with E-state index in [1.54, 1.807) is 36.2 Å². The van der Waals surface area contributed by atoms with Crippen molar-refractivity contribution in [3.05, 3.63) is 34.9 Å². The van der Waals surface area contributed by atoms with Crippen LogP contribution in [-0.4, -0.2) is 48.3 Å². The Kier molecular flexibility index (Phi) is 3.33. The van der Waals surface area contributed by atoms with Gasteiger partial charge in [-0.25, -0.2) is 0 Å². The average molecular weight is 253 g/mol. The zero-order valence-corrected chi connectivity index (χ0v) is 10.3. The molecule has 1 fully saturated rings. The molecule has 0 atom stereocenters. The van der Waals surface area contributed by atoms with E-state index in [2.05, 4.69) is 0 Å². The molecule has 1 aliphatic rings. The van der Waals surface area contributed by atoms with E-state index in [0.717, 1.165) is 0 Å². The third-order valence-electron chi connectivity index (χ3n) is 2.85. The number of benzene rings is 1. The van der Waals surface area contributed by atoms with Gasteiger partial charge in [0.25, 0.3) is 5.91 Å². The van der Waals surface area contributed by atoms with Crippen LogP contribution in [0.15, 0.2) is 24.3 Å². The van der Waals surface area contributed by atoms with Crippen LogP contribution >= 0.6 is 11.6 Å². The Morgan fingerprint density at radius 3 is 2.65 bits per heavy atom. The predicted molar refractivity (Wildman–Crippen MR) is 65.0 cm³/mol. The maximum Gasteiger partial charge on any atom is 0.255 e. The fraction of sp³-hybridized carbons (Fsp3) is 0.333. The van der Waals surface area contributed by atoms with E-state index in [9.17, 15) is 9.59 Å². The zero-order chi connectivity index (χ0) is 12.4. The van der Waals surface area contributed by atoms with Gasteiger partial charge in [-0.3, -0.25) is 9.59 Å². The van der Waals surface area contributed by atoms with Crippen molar-refractivity contribution in [3.63, 3.8) is 0 Å². The van der Waals surface area contributed by atoms with Crippen LogP contribution in [0.3, 0.4) is 0 Å². The van der Waals surface area contributed by atoms with Crippen LogP contribution < -0.4 is 0 Å². The van der Waals surface area contributed by atoms with Gasteiger partial charge in [0.1, 0.15) is 6.54 Å². The summed E-state index contributed by atoms with van der Waals surface area (Å²) in [6.07, 6.45) is 0. The molecule has 2 rings (SSSR count). The highest BCUT2D eigenvalue weighted by Crippen LogP contribution is 2.17. The second-order valence-electron chi connectivity index (χ2n) is 4.02. The lowest BCUT2D eigenvalue weighted by Crippen LogP contribution is -2.50. The number of hydrogen-bond acceptors (Lipinski definition) is 2. The van der Waals surface area contributed by atoms with Gasteiger partial charge in [-0.15, -0.1) is 0 Å². The maximum absolute atomic E-state index is 12.1. The quantitative estimate of drug-likeness (QED) is 0.755. The largest absolute Gasteiger partial charge is 0.342 e. The first kappa shape index (κ1) is 11.9. The number of carbonyl (C=O) groups is 2. The van der Waals surface area contributed by atoms with Crippen molar-refractivity contribution in [3.8, 4) is 0 Å². The molecule has 1 aromatic carbocycles. The molecule has 1 saturated heterocycles. The van der Waals surface area contributed by atoms with Crippen LogP contribution in [0.1, 0.15) is 10.4 Å². The lowest BCUT2D eigenvalue weighted by Gasteiger charge is -2.32. The standard InChI is InChI=1S/C12H13ClN2O2/c1-14-6-7-15(8-11(14)16)12(17)9-4-2-3-5-10(9)13/h2-5H,6-8H2,1H3. The number of piperazine rings is 1. The summed E-state index contributed by atoms with van der Waals surface area (Å²) in [5.74, 6) is -0.228. The maximum atomic E-state index is 12.1. The number of hydrogen-bond donors (Lipinski definition) is 0. The topological polar surface area (TPSA) is 40.6 Å². The highest BCUT2D eigenvalue weighted by Gasteiger charge is 2.26. The molecule has 1 aromatic rings. The molecular formula is C12H13ClN2O2. The summed E-state index contributed by atoms with van der Waals surface area (Å²) in [5, 5.41) is 0.420. The van der Waals surface area contributed by atoms with Gasteiger partial charge in [0.15, 0.2) is 0 Å². The molecule has 0 aliphatic carbocycles. The molecule has 2 amide bonds. The van der Waals surface area contributed by atoms with Crippen molar-refractivity contribution in [2.75, 3.05) is 26.7 Å². The second-order valence-corrected chi connectivity index (χ2v) is 4.43. The van der Waals surface area contributed by atoms with E-state index < -0.39 is 0 Å². The summed E-state index contributed by atoms with van der Waals surface area (Å²) in [4.78, 5) is 26.8. The molecule has 5 heteroatoms. The lowest BCUT2D eigenvalue weighted by molar-refractivity contribution is -0.133. The third-order valence-corrected chi connectivity index (χ3v) is 3.18. The van der Waals surface area contributed by atoms with Gasteiger partial charge in [-0.05, 0) is 12.1 Å². The predicted octanol–water partition coefficient (Wildman–Crippen LogP) is 1.25. The molecule has 1 aliphatic heterocycles. The van der Waals surface area contributed by atoms with Crippen molar-refractivity contribution in [1.29, 1.82) is 0 Å². The van der Waals surface area contributed by atoms with Crippen molar-refractivity contribution in [1.82, 2.24) is 9.80 Å². The Bertz CT molecular complexity index is 462. The summed E-state index contributed by atoms with van der Waals surface area (Å²) < 4.78 is 0. The van der Waals surface area contributed by atoms with Gasteiger partial charge >= 0.3 is 0 Å². The third kappa shape index (κ3) is 2.42. The molecule has 0 saturated carbocycles. The fourth-order valence-electron chi connectivity index (χ4n) is 1.74. The normalized spacial score (nSPS) is 16.2. The van der Waals surface area contributed by atoms with Crippen molar-refractivity contribution >= 4 is 23.4 Å². The molecule has 0 spiro atoms. The highest BCUT2D eigenvalue weighted by molar-refractivity contribution is 6.33. The second kappa shape index (κ2) is 4.75. The molecule has 1 heterocycles. The number of amides is 2. The molecule has 4 nitrogen and oxygen atoms in total. The highest BCUT2D eigenvalue weighted by atomic mass is 35.5.